The third-order valence-corrected chi connectivity index (χ3v) is 2.37. The Hall–Kier alpha value is -0.0400. The summed E-state index contributed by atoms with van der Waals surface area (Å²) in [6.45, 7) is 10.2. The lowest BCUT2D eigenvalue weighted by atomic mass is 10.0. The van der Waals surface area contributed by atoms with E-state index in [2.05, 4.69) is 33.0 Å². The lowest BCUT2D eigenvalue weighted by Gasteiger charge is -2.09. The van der Waals surface area contributed by atoms with Crippen LogP contribution >= 0.6 is 0 Å². The molecule has 0 aliphatic carbocycles. The third kappa shape index (κ3) is 8.06. The quantitative estimate of drug-likeness (QED) is 0.580. The molecule has 0 heterocycles. The van der Waals surface area contributed by atoms with Crippen molar-refractivity contribution in [1.29, 1.82) is 0 Å². The van der Waals surface area contributed by atoms with Gasteiger partial charge in [-0.1, -0.05) is 47.0 Å². The van der Waals surface area contributed by atoms with Crippen LogP contribution in [0.5, 0.6) is 0 Å². The van der Waals surface area contributed by atoms with E-state index >= 15 is 0 Å². The van der Waals surface area contributed by atoms with Gasteiger partial charge in [0, 0.05) is 6.04 Å². The van der Waals surface area contributed by atoms with Crippen molar-refractivity contribution in [3.8, 4) is 0 Å². The van der Waals surface area contributed by atoms with Crippen molar-refractivity contribution in [2.45, 2.75) is 59.4 Å². The molecule has 1 heteroatoms. The van der Waals surface area contributed by atoms with Crippen LogP contribution in [0.2, 0.25) is 0 Å². The molecule has 0 aromatic heterocycles. The molecule has 0 aromatic rings. The van der Waals surface area contributed by atoms with E-state index in [-0.39, 0.29) is 0 Å². The van der Waals surface area contributed by atoms with E-state index in [0.717, 1.165) is 5.92 Å². The van der Waals surface area contributed by atoms with E-state index in [9.17, 15) is 0 Å². The van der Waals surface area contributed by atoms with Gasteiger partial charge >= 0.3 is 0 Å². The van der Waals surface area contributed by atoms with Crippen LogP contribution in [0.15, 0.2) is 0 Å². The van der Waals surface area contributed by atoms with Gasteiger partial charge < -0.3 is 5.32 Å². The Morgan fingerprint density at radius 2 is 1.75 bits per heavy atom. The van der Waals surface area contributed by atoms with Gasteiger partial charge in [-0.15, -0.1) is 0 Å². The predicted molar refractivity (Wildman–Crippen MR) is 56.4 cm³/mol. The molecule has 0 fully saturated rings. The normalized spacial score (nSPS) is 13.8. The van der Waals surface area contributed by atoms with E-state index in [0.29, 0.717) is 6.04 Å². The summed E-state index contributed by atoms with van der Waals surface area (Å²) in [5.74, 6) is 0.920. The number of rotatable bonds is 7. The van der Waals surface area contributed by atoms with Gasteiger partial charge in [-0.25, -0.2) is 0 Å². The minimum atomic E-state index is 0.647. The number of hydrogen-bond acceptors (Lipinski definition) is 1. The average Bonchev–Trinajstić information content (AvgIpc) is 2.03. The van der Waals surface area contributed by atoms with Gasteiger partial charge in [0.05, 0.1) is 0 Å². The molecule has 1 atom stereocenters. The molecular weight excluding hydrogens is 146 g/mol. The zero-order chi connectivity index (χ0) is 9.40. The fourth-order valence-corrected chi connectivity index (χ4v) is 1.21. The maximum atomic E-state index is 3.44. The third-order valence-electron chi connectivity index (χ3n) is 2.37. The molecule has 0 rings (SSSR count). The first-order valence-electron chi connectivity index (χ1n) is 5.40. The first-order chi connectivity index (χ1) is 5.66. The van der Waals surface area contributed by atoms with Crippen LogP contribution in [0.4, 0.5) is 0 Å². The molecular formula is C11H25N. The van der Waals surface area contributed by atoms with Crippen LogP contribution < -0.4 is 5.32 Å². The second-order valence-corrected chi connectivity index (χ2v) is 4.12. The van der Waals surface area contributed by atoms with E-state index in [1.807, 2.05) is 0 Å². The summed E-state index contributed by atoms with van der Waals surface area (Å²) >= 11 is 0. The van der Waals surface area contributed by atoms with Crippen molar-refractivity contribution in [3.63, 3.8) is 0 Å². The van der Waals surface area contributed by atoms with E-state index < -0.39 is 0 Å². The fourth-order valence-electron chi connectivity index (χ4n) is 1.21. The Bertz CT molecular complexity index is 89.0. The predicted octanol–water partition coefficient (Wildman–Crippen LogP) is 3.20. The Morgan fingerprint density at radius 3 is 2.25 bits per heavy atom. The Labute approximate surface area is 77.9 Å². The highest BCUT2D eigenvalue weighted by molar-refractivity contribution is 4.55. The Morgan fingerprint density at radius 1 is 1.08 bits per heavy atom. The molecule has 0 radical (unpaired) electrons. The van der Waals surface area contributed by atoms with Gasteiger partial charge in [0.25, 0.3) is 0 Å². The van der Waals surface area contributed by atoms with Crippen molar-refractivity contribution in [2.24, 2.45) is 5.92 Å². The number of hydrogen-bond donors (Lipinski definition) is 1. The van der Waals surface area contributed by atoms with Gasteiger partial charge in [-0.05, 0) is 18.9 Å². The molecule has 0 aliphatic heterocycles. The number of nitrogens with one attached hydrogen (secondary N) is 1. The molecule has 0 aliphatic rings. The van der Waals surface area contributed by atoms with Gasteiger partial charge in [-0.2, -0.15) is 0 Å². The van der Waals surface area contributed by atoms with Crippen molar-refractivity contribution >= 4 is 0 Å². The van der Waals surface area contributed by atoms with Crippen molar-refractivity contribution in [2.75, 3.05) is 6.54 Å². The minimum Gasteiger partial charge on any atom is -0.315 e. The summed E-state index contributed by atoms with van der Waals surface area (Å²) in [6.07, 6.45) is 5.45. The lowest BCUT2D eigenvalue weighted by Crippen LogP contribution is -2.23. The summed E-state index contributed by atoms with van der Waals surface area (Å²) in [4.78, 5) is 0. The summed E-state index contributed by atoms with van der Waals surface area (Å²) in [5, 5.41) is 3.44. The Balaban J connectivity index is 3.00. The summed E-state index contributed by atoms with van der Waals surface area (Å²) in [5.41, 5.74) is 0. The van der Waals surface area contributed by atoms with E-state index in [1.165, 1.54) is 32.2 Å². The van der Waals surface area contributed by atoms with Gasteiger partial charge in [0.2, 0.25) is 0 Å². The van der Waals surface area contributed by atoms with Crippen LogP contribution in [0.3, 0.4) is 0 Å². The molecule has 0 unspecified atom stereocenters. The zero-order valence-electron chi connectivity index (χ0n) is 9.19. The second-order valence-electron chi connectivity index (χ2n) is 4.12. The minimum absolute atomic E-state index is 0.647. The van der Waals surface area contributed by atoms with Gasteiger partial charge in [0.15, 0.2) is 0 Å². The average molecular weight is 171 g/mol. The summed E-state index contributed by atoms with van der Waals surface area (Å²) in [7, 11) is 0. The molecule has 0 saturated heterocycles. The molecule has 0 amide bonds. The highest BCUT2D eigenvalue weighted by atomic mass is 14.9. The first-order valence-corrected chi connectivity index (χ1v) is 5.40. The molecule has 0 aromatic carbocycles. The lowest BCUT2D eigenvalue weighted by molar-refractivity contribution is 0.468. The fraction of sp³-hybridized carbons (Fsp3) is 1.00. The molecule has 74 valence electrons. The largest absolute Gasteiger partial charge is 0.315 e. The maximum absolute atomic E-state index is 3.44. The SMILES string of the molecule is CC[C@@H](C)CCCCNC(C)C. The van der Waals surface area contributed by atoms with E-state index in [4.69, 9.17) is 0 Å². The van der Waals surface area contributed by atoms with Crippen molar-refractivity contribution in [3.05, 3.63) is 0 Å². The number of unbranched alkanes of at least 4 members (excludes halogenated alkanes) is 1. The highest BCUT2D eigenvalue weighted by Crippen LogP contribution is 2.10. The Kier molecular flexibility index (Phi) is 7.58. The summed E-state index contributed by atoms with van der Waals surface area (Å²) in [6, 6.07) is 0.647. The second kappa shape index (κ2) is 7.60. The summed E-state index contributed by atoms with van der Waals surface area (Å²) < 4.78 is 0. The highest BCUT2D eigenvalue weighted by Gasteiger charge is 1.98. The zero-order valence-corrected chi connectivity index (χ0v) is 9.19. The van der Waals surface area contributed by atoms with Crippen molar-refractivity contribution < 1.29 is 0 Å². The topological polar surface area (TPSA) is 12.0 Å². The molecule has 0 spiro atoms. The van der Waals surface area contributed by atoms with Crippen LogP contribution in [0.1, 0.15) is 53.4 Å². The molecule has 0 saturated carbocycles. The standard InChI is InChI=1S/C11H25N/c1-5-11(4)8-6-7-9-12-10(2)3/h10-12H,5-9H2,1-4H3/t11-/m1/s1. The molecule has 12 heavy (non-hydrogen) atoms. The monoisotopic (exact) mass is 171 g/mol. The van der Waals surface area contributed by atoms with Gasteiger partial charge in [-0.3, -0.25) is 0 Å². The smallest absolute Gasteiger partial charge is 0.00103 e. The van der Waals surface area contributed by atoms with E-state index in [1.54, 1.807) is 0 Å². The van der Waals surface area contributed by atoms with Crippen LogP contribution in [-0.4, -0.2) is 12.6 Å². The molecule has 1 N–H and O–H groups in total. The molecule has 1 nitrogen and oxygen atoms in total. The van der Waals surface area contributed by atoms with Crippen LogP contribution in [-0.2, 0) is 0 Å². The van der Waals surface area contributed by atoms with Crippen molar-refractivity contribution in [1.82, 2.24) is 5.32 Å². The molecule has 0 bridgehead atoms. The van der Waals surface area contributed by atoms with Crippen LogP contribution in [0, 0.1) is 5.92 Å². The maximum Gasteiger partial charge on any atom is 0.00103 e. The van der Waals surface area contributed by atoms with Gasteiger partial charge in [0.1, 0.15) is 0 Å². The van der Waals surface area contributed by atoms with Crippen LogP contribution in [0.25, 0.3) is 0 Å². The first kappa shape index (κ1) is 12.0.